The van der Waals surface area contributed by atoms with Gasteiger partial charge in [0.05, 0.1) is 7.57 Å². The van der Waals surface area contributed by atoms with Gasteiger partial charge in [-0.1, -0.05) is 0 Å². The van der Waals surface area contributed by atoms with Crippen molar-refractivity contribution in [3.63, 3.8) is 0 Å². The highest BCUT2D eigenvalue weighted by Crippen LogP contribution is 2.38. The molecule has 0 bridgehead atoms. The van der Waals surface area contributed by atoms with Crippen LogP contribution < -0.4 is 5.14 Å². The maximum atomic E-state index is 11.4. The van der Waals surface area contributed by atoms with Crippen molar-refractivity contribution in [3.8, 4) is 11.4 Å². The molecule has 2 aromatic rings. The molecule has 0 unspecified atom stereocenters. The summed E-state index contributed by atoms with van der Waals surface area (Å²) in [5, 5.41) is 12.4. The molecule has 0 spiro atoms. The largest absolute Gasteiger partial charge is 0.297 e. The molecule has 2 rings (SSSR count). The van der Waals surface area contributed by atoms with Gasteiger partial charge in [-0.3, -0.25) is 4.57 Å². The first-order valence-electron chi connectivity index (χ1n) is 4.75. The molecule has 0 saturated heterocycles. The molecule has 98 valence electrons. The van der Waals surface area contributed by atoms with Crippen molar-refractivity contribution in [2.75, 3.05) is 0 Å². The van der Waals surface area contributed by atoms with E-state index in [2.05, 4.69) is 42.1 Å². The van der Waals surface area contributed by atoms with Crippen molar-refractivity contribution in [2.24, 2.45) is 5.14 Å². The predicted molar refractivity (Wildman–Crippen MR) is 75.8 cm³/mol. The summed E-state index contributed by atoms with van der Waals surface area (Å²) in [5.41, 5.74) is 0.774. The highest BCUT2D eigenvalue weighted by atomic mass is 79.9. The molecular weight excluding hydrogens is 408 g/mol. The maximum absolute atomic E-state index is 11.4. The molecule has 0 saturated carbocycles. The zero-order valence-electron chi connectivity index (χ0n) is 9.09. The summed E-state index contributed by atoms with van der Waals surface area (Å²) < 4.78 is 26.0. The Morgan fingerprint density at radius 2 is 2.11 bits per heavy atom. The molecule has 0 radical (unpaired) electrons. The average Bonchev–Trinajstić information content (AvgIpc) is 2.79. The van der Waals surface area contributed by atoms with Gasteiger partial charge in [0.25, 0.3) is 15.2 Å². The molecule has 0 aliphatic carbocycles. The number of aromatic nitrogens is 3. The van der Waals surface area contributed by atoms with E-state index in [1.54, 1.807) is 6.92 Å². The Balaban J connectivity index is 2.67. The van der Waals surface area contributed by atoms with Gasteiger partial charge in [0.15, 0.2) is 5.82 Å². The second-order valence-electron chi connectivity index (χ2n) is 3.33. The second kappa shape index (κ2) is 5.00. The smallest absolute Gasteiger partial charge is 0.273 e. The fraction of sp³-hybridized carbons (Fsp3) is 0.250. The van der Waals surface area contributed by atoms with Gasteiger partial charge in [0, 0.05) is 12.1 Å². The zero-order chi connectivity index (χ0) is 13.5. The van der Waals surface area contributed by atoms with Crippen molar-refractivity contribution >= 4 is 53.2 Å². The van der Waals surface area contributed by atoms with Crippen molar-refractivity contribution in [1.82, 2.24) is 14.8 Å². The topological polar surface area (TPSA) is 90.9 Å². The van der Waals surface area contributed by atoms with E-state index in [9.17, 15) is 8.42 Å². The fourth-order valence-electron chi connectivity index (χ4n) is 1.48. The van der Waals surface area contributed by atoms with Crippen molar-refractivity contribution in [2.45, 2.75) is 18.6 Å². The molecule has 6 nitrogen and oxygen atoms in total. The Morgan fingerprint density at radius 1 is 1.44 bits per heavy atom. The molecule has 0 aliphatic heterocycles. The minimum atomic E-state index is -3.87. The van der Waals surface area contributed by atoms with Gasteiger partial charge >= 0.3 is 0 Å². The minimum absolute atomic E-state index is 0.228. The number of hydrogen-bond donors (Lipinski definition) is 1. The van der Waals surface area contributed by atoms with Gasteiger partial charge < -0.3 is 0 Å². The molecule has 2 N–H and O–H groups in total. The van der Waals surface area contributed by atoms with Crippen LogP contribution in [0, 0.1) is 0 Å². The van der Waals surface area contributed by atoms with Crippen LogP contribution in [-0.2, 0) is 16.6 Å². The van der Waals surface area contributed by atoms with Crippen LogP contribution in [0.25, 0.3) is 11.4 Å². The van der Waals surface area contributed by atoms with E-state index in [4.69, 9.17) is 5.14 Å². The highest BCUT2D eigenvalue weighted by molar-refractivity contribution is 9.12. The number of halogens is 2. The third-order valence-electron chi connectivity index (χ3n) is 2.19. The van der Waals surface area contributed by atoms with E-state index in [1.165, 1.54) is 15.9 Å². The summed E-state index contributed by atoms with van der Waals surface area (Å²) in [7, 11) is -3.87. The molecule has 0 atom stereocenters. The van der Waals surface area contributed by atoms with Crippen LogP contribution in [0.5, 0.6) is 0 Å². The first kappa shape index (κ1) is 14.1. The van der Waals surface area contributed by atoms with E-state index in [-0.39, 0.29) is 5.16 Å². The number of primary sulfonamides is 1. The van der Waals surface area contributed by atoms with E-state index >= 15 is 0 Å². The lowest BCUT2D eigenvalue weighted by Gasteiger charge is -2.04. The van der Waals surface area contributed by atoms with Gasteiger partial charge in [-0.15, -0.1) is 21.5 Å². The molecule has 0 aliphatic rings. The standard InChI is InChI=1S/C8H8Br2N4O2S2/c1-2-14-7(4-3-5(9)17-6(4)10)12-13-8(14)18(11,15)16/h3H,2H2,1H3,(H2,11,15,16). The van der Waals surface area contributed by atoms with Crippen LogP contribution in [0.3, 0.4) is 0 Å². The number of thiophene rings is 1. The monoisotopic (exact) mass is 414 g/mol. The van der Waals surface area contributed by atoms with Gasteiger partial charge in [-0.2, -0.15) is 0 Å². The van der Waals surface area contributed by atoms with Gasteiger partial charge in [0.1, 0.15) is 0 Å². The van der Waals surface area contributed by atoms with Crippen LogP contribution >= 0.6 is 43.2 Å². The van der Waals surface area contributed by atoms with E-state index < -0.39 is 10.0 Å². The predicted octanol–water partition coefficient (Wildman–Crippen LogP) is 2.20. The molecular formula is C8H8Br2N4O2S2. The van der Waals surface area contributed by atoms with E-state index in [0.29, 0.717) is 12.4 Å². The Kier molecular flexibility index (Phi) is 3.93. The van der Waals surface area contributed by atoms with E-state index in [1.807, 2.05) is 6.07 Å². The second-order valence-corrected chi connectivity index (χ2v) is 8.54. The molecule has 0 aromatic carbocycles. The molecule has 0 fully saturated rings. The summed E-state index contributed by atoms with van der Waals surface area (Å²) >= 11 is 8.24. The third-order valence-corrected chi connectivity index (χ3v) is 5.34. The fourth-order valence-corrected chi connectivity index (χ4v) is 4.94. The normalized spacial score (nSPS) is 12.0. The third kappa shape index (κ3) is 2.52. The minimum Gasteiger partial charge on any atom is -0.297 e. The molecule has 18 heavy (non-hydrogen) atoms. The van der Waals surface area contributed by atoms with Gasteiger partial charge in [0.2, 0.25) is 0 Å². The van der Waals surface area contributed by atoms with Gasteiger partial charge in [-0.25, -0.2) is 13.6 Å². The Bertz CT molecular complexity index is 692. The number of hydrogen-bond acceptors (Lipinski definition) is 5. The van der Waals surface area contributed by atoms with Crippen molar-refractivity contribution in [3.05, 3.63) is 13.6 Å². The van der Waals surface area contributed by atoms with Crippen LogP contribution in [0.1, 0.15) is 6.92 Å². The first-order chi connectivity index (χ1) is 8.34. The number of rotatable bonds is 3. The summed E-state index contributed by atoms with van der Waals surface area (Å²) in [6.45, 7) is 2.21. The average molecular weight is 416 g/mol. The van der Waals surface area contributed by atoms with Crippen LogP contribution in [0.4, 0.5) is 0 Å². The maximum Gasteiger partial charge on any atom is 0.273 e. The van der Waals surface area contributed by atoms with Crippen LogP contribution in [0.15, 0.2) is 18.8 Å². The summed E-state index contributed by atoms with van der Waals surface area (Å²) in [6, 6.07) is 1.85. The zero-order valence-corrected chi connectivity index (χ0v) is 13.9. The highest BCUT2D eigenvalue weighted by Gasteiger charge is 2.23. The summed E-state index contributed by atoms with van der Waals surface area (Å²) in [5.74, 6) is 0.468. The SMILES string of the molecule is CCn1c(-c2cc(Br)sc2Br)nnc1S(N)(=O)=O. The summed E-state index contributed by atoms with van der Waals surface area (Å²) in [4.78, 5) is 0. The quantitative estimate of drug-likeness (QED) is 0.831. The lowest BCUT2D eigenvalue weighted by atomic mass is 10.3. The Morgan fingerprint density at radius 3 is 2.56 bits per heavy atom. The molecule has 0 amide bonds. The van der Waals surface area contributed by atoms with E-state index in [0.717, 1.165) is 13.1 Å². The summed E-state index contributed by atoms with van der Waals surface area (Å²) in [6.07, 6.45) is 0. The van der Waals surface area contributed by atoms with Crippen LogP contribution in [-0.4, -0.2) is 23.2 Å². The number of sulfonamides is 1. The molecule has 2 heterocycles. The Labute approximate surface area is 125 Å². The first-order valence-corrected chi connectivity index (χ1v) is 8.70. The number of nitrogens with two attached hydrogens (primary N) is 1. The Hall–Kier alpha value is -0.290. The lowest BCUT2D eigenvalue weighted by Crippen LogP contribution is -2.18. The van der Waals surface area contributed by atoms with Crippen molar-refractivity contribution in [1.29, 1.82) is 0 Å². The number of nitrogens with zero attached hydrogens (tertiary/aromatic N) is 3. The molecule has 2 aromatic heterocycles. The molecule has 10 heteroatoms. The van der Waals surface area contributed by atoms with Crippen molar-refractivity contribution < 1.29 is 8.42 Å². The van der Waals surface area contributed by atoms with Crippen LogP contribution in [0.2, 0.25) is 0 Å². The van der Waals surface area contributed by atoms with Gasteiger partial charge in [-0.05, 0) is 44.8 Å². The lowest BCUT2D eigenvalue weighted by molar-refractivity contribution is 0.571.